The summed E-state index contributed by atoms with van der Waals surface area (Å²) in [6, 6.07) is 20.0. The van der Waals surface area contributed by atoms with Crippen molar-refractivity contribution in [1.29, 1.82) is 0 Å². The summed E-state index contributed by atoms with van der Waals surface area (Å²) in [5.74, 6) is -0.240. The van der Waals surface area contributed by atoms with Crippen LogP contribution in [0.5, 0.6) is 0 Å². The van der Waals surface area contributed by atoms with E-state index in [4.69, 9.17) is 11.6 Å². The van der Waals surface area contributed by atoms with E-state index >= 15 is 0 Å². The Kier molecular flexibility index (Phi) is 6.30. The molecule has 0 unspecified atom stereocenters. The molecule has 0 amide bonds. The molecule has 6 nitrogen and oxygen atoms in total. The Morgan fingerprint density at radius 1 is 0.800 bits per heavy atom. The van der Waals surface area contributed by atoms with Crippen LogP contribution in [-0.4, -0.2) is 34.0 Å². The van der Waals surface area contributed by atoms with Gasteiger partial charge in [0.1, 0.15) is 0 Å². The minimum atomic E-state index is -4.16. The van der Waals surface area contributed by atoms with Crippen molar-refractivity contribution in [3.8, 4) is 0 Å². The van der Waals surface area contributed by atoms with Gasteiger partial charge in [0, 0.05) is 17.6 Å². The highest BCUT2D eigenvalue weighted by atomic mass is 35.5. The van der Waals surface area contributed by atoms with Crippen molar-refractivity contribution in [2.75, 3.05) is 7.05 Å². The number of nitrogens with zero attached hydrogens (tertiary/aromatic N) is 2. The zero-order chi connectivity index (χ0) is 21.9. The van der Waals surface area contributed by atoms with E-state index in [0.717, 1.165) is 9.87 Å². The predicted octanol–water partition coefficient (Wildman–Crippen LogP) is 4.10. The number of sulfonamides is 2. The van der Waals surface area contributed by atoms with E-state index in [1.165, 1.54) is 55.6 Å². The van der Waals surface area contributed by atoms with Crippen LogP contribution in [0.3, 0.4) is 0 Å². The molecule has 0 saturated heterocycles. The fourth-order valence-electron chi connectivity index (χ4n) is 2.63. The van der Waals surface area contributed by atoms with E-state index in [2.05, 4.69) is 4.40 Å². The van der Waals surface area contributed by atoms with Crippen molar-refractivity contribution in [3.05, 3.63) is 95.0 Å². The van der Waals surface area contributed by atoms with Gasteiger partial charge in [-0.15, -0.1) is 4.40 Å². The number of hydrogen-bond donors (Lipinski definition) is 0. The summed E-state index contributed by atoms with van der Waals surface area (Å²) in [6.07, 6.45) is 0. The van der Waals surface area contributed by atoms with Gasteiger partial charge in [-0.3, -0.25) is 4.31 Å². The lowest BCUT2D eigenvalue weighted by molar-refractivity contribution is 0.552. The van der Waals surface area contributed by atoms with E-state index < -0.39 is 20.0 Å². The molecule has 0 heterocycles. The van der Waals surface area contributed by atoms with Crippen LogP contribution >= 0.6 is 11.6 Å². The highest BCUT2D eigenvalue weighted by molar-refractivity contribution is 7.91. The molecular weight excluding hydrogens is 444 g/mol. The zero-order valence-corrected chi connectivity index (χ0v) is 18.6. The molecule has 3 aromatic carbocycles. The average molecular weight is 463 g/mol. The van der Waals surface area contributed by atoms with E-state index in [1.54, 1.807) is 30.3 Å². The second-order valence-corrected chi connectivity index (χ2v) is 10.5. The molecule has 0 bridgehead atoms. The molecule has 0 atom stereocenters. The zero-order valence-electron chi connectivity index (χ0n) is 16.2. The van der Waals surface area contributed by atoms with E-state index in [0.29, 0.717) is 5.02 Å². The highest BCUT2D eigenvalue weighted by Gasteiger charge is 2.27. The maximum Gasteiger partial charge on any atom is 0.284 e. The molecule has 0 radical (unpaired) electrons. The van der Waals surface area contributed by atoms with Gasteiger partial charge in [-0.25, -0.2) is 8.42 Å². The second kappa shape index (κ2) is 8.59. The molecule has 0 spiro atoms. The summed E-state index contributed by atoms with van der Waals surface area (Å²) in [7, 11) is -6.96. The Balaban J connectivity index is 2.17. The number of benzene rings is 3. The van der Waals surface area contributed by atoms with Gasteiger partial charge >= 0.3 is 0 Å². The fraction of sp³-hybridized carbons (Fsp3) is 0.0952. The molecule has 3 rings (SSSR count). The van der Waals surface area contributed by atoms with Crippen molar-refractivity contribution < 1.29 is 16.8 Å². The van der Waals surface area contributed by atoms with Crippen LogP contribution < -0.4 is 0 Å². The van der Waals surface area contributed by atoms with Gasteiger partial charge in [0.15, 0.2) is 5.84 Å². The first-order chi connectivity index (χ1) is 14.1. The van der Waals surface area contributed by atoms with Crippen LogP contribution in [0.4, 0.5) is 0 Å². The fourth-order valence-corrected chi connectivity index (χ4v) is 5.04. The molecule has 156 valence electrons. The molecular formula is C21H19ClN2O4S2. The first-order valence-corrected chi connectivity index (χ1v) is 12.1. The lowest BCUT2D eigenvalue weighted by Crippen LogP contribution is -2.34. The first kappa shape index (κ1) is 22.0. The quantitative estimate of drug-likeness (QED) is 0.422. The standard InChI is InChI=1S/C21H19ClN2O4S2/c1-16-8-14-20(15-9-16)30(27,28)24(2)21(17-10-12-18(22)13-11-17)23-29(25,26)19-6-4-3-5-7-19/h3-15H,1-2H3. The normalized spacial score (nSPS) is 12.6. The van der Waals surface area contributed by atoms with Crippen LogP contribution in [0.15, 0.2) is 93.1 Å². The van der Waals surface area contributed by atoms with E-state index in [1.807, 2.05) is 6.92 Å². The third-order valence-electron chi connectivity index (χ3n) is 4.33. The van der Waals surface area contributed by atoms with Crippen molar-refractivity contribution in [2.45, 2.75) is 16.7 Å². The maximum absolute atomic E-state index is 13.2. The van der Waals surface area contributed by atoms with Crippen LogP contribution in [0.25, 0.3) is 0 Å². The number of amidine groups is 1. The molecule has 30 heavy (non-hydrogen) atoms. The molecule has 9 heteroatoms. The number of hydrogen-bond acceptors (Lipinski definition) is 4. The largest absolute Gasteiger partial charge is 0.284 e. The molecule has 0 aliphatic rings. The van der Waals surface area contributed by atoms with Gasteiger partial charge < -0.3 is 0 Å². The first-order valence-electron chi connectivity index (χ1n) is 8.83. The summed E-state index contributed by atoms with van der Waals surface area (Å²) in [5.41, 5.74) is 1.19. The SMILES string of the molecule is Cc1ccc(S(=O)(=O)N(C)C(=NS(=O)(=O)c2ccccc2)c2ccc(Cl)cc2)cc1. The van der Waals surface area contributed by atoms with Crippen LogP contribution in [0, 0.1) is 6.92 Å². The summed E-state index contributed by atoms with van der Waals surface area (Å²) in [6.45, 7) is 1.84. The summed E-state index contributed by atoms with van der Waals surface area (Å²) in [5, 5.41) is 0.424. The van der Waals surface area contributed by atoms with E-state index in [-0.39, 0.29) is 21.2 Å². The molecule has 0 fully saturated rings. The van der Waals surface area contributed by atoms with Gasteiger partial charge in [-0.1, -0.05) is 47.5 Å². The van der Waals surface area contributed by atoms with E-state index in [9.17, 15) is 16.8 Å². The monoisotopic (exact) mass is 462 g/mol. The highest BCUT2D eigenvalue weighted by Crippen LogP contribution is 2.22. The molecule has 0 aromatic heterocycles. The lowest BCUT2D eigenvalue weighted by atomic mass is 10.2. The summed E-state index contributed by atoms with van der Waals surface area (Å²) >= 11 is 5.94. The van der Waals surface area contributed by atoms with Crippen LogP contribution in [-0.2, 0) is 20.0 Å². The number of rotatable bonds is 5. The topological polar surface area (TPSA) is 83.9 Å². The molecule has 0 N–H and O–H groups in total. The average Bonchev–Trinajstić information content (AvgIpc) is 2.73. The van der Waals surface area contributed by atoms with Crippen molar-refractivity contribution in [1.82, 2.24) is 4.31 Å². The third kappa shape index (κ3) is 4.72. The van der Waals surface area contributed by atoms with Gasteiger partial charge in [0.25, 0.3) is 20.0 Å². The lowest BCUT2D eigenvalue weighted by Gasteiger charge is -2.21. The Labute approximate surface area is 181 Å². The Morgan fingerprint density at radius 3 is 1.93 bits per heavy atom. The van der Waals surface area contributed by atoms with Crippen molar-refractivity contribution >= 4 is 37.5 Å². The Morgan fingerprint density at radius 2 is 1.37 bits per heavy atom. The van der Waals surface area contributed by atoms with Gasteiger partial charge in [-0.05, 0) is 55.5 Å². The second-order valence-electron chi connectivity index (χ2n) is 6.50. The third-order valence-corrected chi connectivity index (χ3v) is 7.62. The van der Waals surface area contributed by atoms with Gasteiger partial charge in [0.05, 0.1) is 9.79 Å². The van der Waals surface area contributed by atoms with Crippen molar-refractivity contribution in [2.24, 2.45) is 4.40 Å². The van der Waals surface area contributed by atoms with Gasteiger partial charge in [0.2, 0.25) is 0 Å². The molecule has 0 aliphatic heterocycles. The summed E-state index contributed by atoms with van der Waals surface area (Å²) in [4.78, 5) is -0.0213. The summed E-state index contributed by atoms with van der Waals surface area (Å²) < 4.78 is 56.8. The number of aryl methyl sites for hydroxylation is 1. The number of halogens is 1. The van der Waals surface area contributed by atoms with Crippen LogP contribution in [0.2, 0.25) is 5.02 Å². The maximum atomic E-state index is 13.2. The van der Waals surface area contributed by atoms with Gasteiger partial charge in [-0.2, -0.15) is 8.42 Å². The minimum absolute atomic E-state index is 0.0226. The molecule has 0 saturated carbocycles. The van der Waals surface area contributed by atoms with Crippen LogP contribution in [0.1, 0.15) is 11.1 Å². The molecule has 3 aromatic rings. The minimum Gasteiger partial charge on any atom is -0.252 e. The smallest absolute Gasteiger partial charge is 0.252 e. The molecule has 0 aliphatic carbocycles. The Hall–Kier alpha value is -2.68. The predicted molar refractivity (Wildman–Crippen MR) is 118 cm³/mol. The van der Waals surface area contributed by atoms with Crippen molar-refractivity contribution in [3.63, 3.8) is 0 Å². The Bertz CT molecular complexity index is 1270.